The molecule has 0 spiro atoms. The van der Waals surface area contributed by atoms with Crippen LogP contribution in [0.2, 0.25) is 5.02 Å². The summed E-state index contributed by atoms with van der Waals surface area (Å²) >= 11 is 5.86. The summed E-state index contributed by atoms with van der Waals surface area (Å²) in [6.07, 6.45) is 1.44. The van der Waals surface area contributed by atoms with Gasteiger partial charge in [-0.05, 0) is 11.6 Å². The number of benzene rings is 1. The maximum absolute atomic E-state index is 12.2. The predicted molar refractivity (Wildman–Crippen MR) is 75.9 cm³/mol. The topological polar surface area (TPSA) is 59.2 Å². The molecule has 0 unspecified atom stereocenters. The summed E-state index contributed by atoms with van der Waals surface area (Å²) in [7, 11) is 1.74. The monoisotopic (exact) mass is 275 g/mol. The van der Waals surface area contributed by atoms with Gasteiger partial charge in [0.2, 0.25) is 0 Å². The highest BCUT2D eigenvalue weighted by Gasteiger charge is 2.13. The van der Waals surface area contributed by atoms with E-state index in [2.05, 4.69) is 4.98 Å². The highest BCUT2D eigenvalue weighted by atomic mass is 35.5. The van der Waals surface area contributed by atoms with Crippen LogP contribution in [-0.2, 0) is 6.54 Å². The zero-order chi connectivity index (χ0) is 13.8. The fourth-order valence-electron chi connectivity index (χ4n) is 1.71. The number of hydrogen-bond acceptors (Lipinski definition) is 3. The van der Waals surface area contributed by atoms with Crippen molar-refractivity contribution in [1.29, 1.82) is 0 Å². The Morgan fingerprint density at radius 3 is 2.68 bits per heavy atom. The number of nitrogens with two attached hydrogens (primary N) is 1. The zero-order valence-corrected chi connectivity index (χ0v) is 11.3. The second-order valence-electron chi connectivity index (χ2n) is 4.24. The van der Waals surface area contributed by atoms with E-state index in [1.165, 1.54) is 12.3 Å². The minimum atomic E-state index is -0.141. The van der Waals surface area contributed by atoms with Crippen molar-refractivity contribution in [3.63, 3.8) is 0 Å². The number of halogens is 1. The summed E-state index contributed by atoms with van der Waals surface area (Å²) in [6, 6.07) is 11.3. The lowest BCUT2D eigenvalue weighted by molar-refractivity contribution is 0.0784. The van der Waals surface area contributed by atoms with Crippen molar-refractivity contribution in [1.82, 2.24) is 9.88 Å². The third-order valence-electron chi connectivity index (χ3n) is 2.73. The third kappa shape index (κ3) is 3.23. The number of nitrogen functional groups attached to an aromatic ring is 1. The Labute approximate surface area is 116 Å². The number of nitrogens with zero attached hydrogens (tertiary/aromatic N) is 2. The molecule has 2 rings (SSSR count). The van der Waals surface area contributed by atoms with Gasteiger partial charge in [0.25, 0.3) is 5.91 Å². The molecular weight excluding hydrogens is 262 g/mol. The number of amides is 1. The van der Waals surface area contributed by atoms with Crippen LogP contribution in [0, 0.1) is 0 Å². The van der Waals surface area contributed by atoms with Gasteiger partial charge in [0.15, 0.2) is 0 Å². The number of hydrogen-bond donors (Lipinski definition) is 1. The van der Waals surface area contributed by atoms with Crippen LogP contribution >= 0.6 is 11.6 Å². The van der Waals surface area contributed by atoms with E-state index in [4.69, 9.17) is 17.3 Å². The number of carbonyl (C=O) groups is 1. The molecule has 2 N–H and O–H groups in total. The molecule has 1 amide bonds. The van der Waals surface area contributed by atoms with Crippen molar-refractivity contribution in [3.05, 3.63) is 58.7 Å². The van der Waals surface area contributed by atoms with Crippen molar-refractivity contribution in [2.45, 2.75) is 6.54 Å². The first-order valence-electron chi connectivity index (χ1n) is 5.78. The van der Waals surface area contributed by atoms with Crippen molar-refractivity contribution in [2.24, 2.45) is 0 Å². The Hall–Kier alpha value is -2.07. The van der Waals surface area contributed by atoms with Gasteiger partial charge < -0.3 is 10.6 Å². The molecule has 98 valence electrons. The Kier molecular flexibility index (Phi) is 4.02. The van der Waals surface area contributed by atoms with Gasteiger partial charge in [-0.2, -0.15) is 0 Å². The fraction of sp³-hybridized carbons (Fsp3) is 0.143. The smallest absolute Gasteiger partial charge is 0.255 e. The summed E-state index contributed by atoms with van der Waals surface area (Å²) in [5.74, 6) is 0.0854. The number of carbonyl (C=O) groups excluding carboxylic acids is 1. The highest BCUT2D eigenvalue weighted by molar-refractivity contribution is 6.33. The zero-order valence-electron chi connectivity index (χ0n) is 10.5. The molecule has 0 bridgehead atoms. The molecule has 0 atom stereocenters. The quantitative estimate of drug-likeness (QED) is 0.937. The van der Waals surface area contributed by atoms with E-state index >= 15 is 0 Å². The Bertz CT molecular complexity index is 586. The molecule has 0 saturated carbocycles. The van der Waals surface area contributed by atoms with E-state index in [0.717, 1.165) is 5.56 Å². The van der Waals surface area contributed by atoms with Crippen LogP contribution in [-0.4, -0.2) is 22.8 Å². The van der Waals surface area contributed by atoms with Crippen LogP contribution in [0.3, 0.4) is 0 Å². The Morgan fingerprint density at radius 1 is 1.37 bits per heavy atom. The maximum Gasteiger partial charge on any atom is 0.255 e. The first-order valence-corrected chi connectivity index (χ1v) is 6.16. The second-order valence-corrected chi connectivity index (χ2v) is 4.65. The first kappa shape index (κ1) is 13.4. The van der Waals surface area contributed by atoms with Gasteiger partial charge >= 0.3 is 0 Å². The molecule has 1 aromatic heterocycles. The SMILES string of the molecule is CN(Cc1ccccc1)C(=O)c1cnc(N)c(Cl)c1. The number of anilines is 1. The third-order valence-corrected chi connectivity index (χ3v) is 3.03. The van der Waals surface area contributed by atoms with E-state index in [1.54, 1.807) is 11.9 Å². The number of aromatic nitrogens is 1. The number of rotatable bonds is 3. The lowest BCUT2D eigenvalue weighted by Gasteiger charge is -2.17. The van der Waals surface area contributed by atoms with E-state index in [1.807, 2.05) is 30.3 Å². The Balaban J connectivity index is 2.12. The van der Waals surface area contributed by atoms with Crippen LogP contribution in [0.4, 0.5) is 5.82 Å². The van der Waals surface area contributed by atoms with Crippen LogP contribution in [0.25, 0.3) is 0 Å². The molecule has 0 radical (unpaired) electrons. The van der Waals surface area contributed by atoms with Crippen molar-refractivity contribution >= 4 is 23.3 Å². The normalized spacial score (nSPS) is 10.2. The van der Waals surface area contributed by atoms with Gasteiger partial charge in [-0.3, -0.25) is 4.79 Å². The standard InChI is InChI=1S/C14H14ClN3O/c1-18(9-10-5-3-2-4-6-10)14(19)11-7-12(15)13(16)17-8-11/h2-8H,9H2,1H3,(H2,16,17). The maximum atomic E-state index is 12.2. The van der Waals surface area contributed by atoms with Crippen LogP contribution in [0.15, 0.2) is 42.6 Å². The largest absolute Gasteiger partial charge is 0.382 e. The van der Waals surface area contributed by atoms with Gasteiger partial charge in [-0.1, -0.05) is 41.9 Å². The molecule has 0 fully saturated rings. The van der Waals surface area contributed by atoms with Crippen LogP contribution in [0.5, 0.6) is 0 Å². The summed E-state index contributed by atoms with van der Waals surface area (Å²) in [5, 5.41) is 0.291. The van der Waals surface area contributed by atoms with Crippen LogP contribution < -0.4 is 5.73 Å². The Morgan fingerprint density at radius 2 is 2.05 bits per heavy atom. The van der Waals surface area contributed by atoms with Gasteiger partial charge in [-0.15, -0.1) is 0 Å². The lowest BCUT2D eigenvalue weighted by Crippen LogP contribution is -2.26. The average molecular weight is 276 g/mol. The molecule has 0 aliphatic carbocycles. The molecule has 1 heterocycles. The summed E-state index contributed by atoms with van der Waals surface area (Å²) in [4.78, 5) is 17.7. The summed E-state index contributed by atoms with van der Waals surface area (Å²) < 4.78 is 0. The second kappa shape index (κ2) is 5.71. The summed E-state index contributed by atoms with van der Waals surface area (Å²) in [5.41, 5.74) is 7.01. The van der Waals surface area contributed by atoms with Gasteiger partial charge in [0.1, 0.15) is 5.82 Å². The molecule has 19 heavy (non-hydrogen) atoms. The van der Waals surface area contributed by atoms with Crippen LogP contribution in [0.1, 0.15) is 15.9 Å². The minimum Gasteiger partial charge on any atom is -0.382 e. The highest BCUT2D eigenvalue weighted by Crippen LogP contribution is 2.18. The first-order chi connectivity index (χ1) is 9.08. The molecular formula is C14H14ClN3O. The van der Waals surface area contributed by atoms with Gasteiger partial charge in [0.05, 0.1) is 10.6 Å². The van der Waals surface area contributed by atoms with Crippen molar-refractivity contribution in [2.75, 3.05) is 12.8 Å². The van der Waals surface area contributed by atoms with E-state index in [-0.39, 0.29) is 11.7 Å². The van der Waals surface area contributed by atoms with Gasteiger partial charge in [0, 0.05) is 19.8 Å². The average Bonchev–Trinajstić information content (AvgIpc) is 2.42. The molecule has 4 nitrogen and oxygen atoms in total. The van der Waals surface area contributed by atoms with Crippen molar-refractivity contribution < 1.29 is 4.79 Å². The molecule has 1 aromatic carbocycles. The van der Waals surface area contributed by atoms with E-state index < -0.39 is 0 Å². The molecule has 0 saturated heterocycles. The molecule has 5 heteroatoms. The van der Waals surface area contributed by atoms with Crippen molar-refractivity contribution in [3.8, 4) is 0 Å². The van der Waals surface area contributed by atoms with E-state index in [0.29, 0.717) is 17.1 Å². The predicted octanol–water partition coefficient (Wildman–Crippen LogP) is 2.59. The minimum absolute atomic E-state index is 0.141. The molecule has 2 aromatic rings. The molecule has 0 aliphatic rings. The van der Waals surface area contributed by atoms with E-state index in [9.17, 15) is 4.79 Å². The number of pyridine rings is 1. The molecule has 0 aliphatic heterocycles. The summed E-state index contributed by atoms with van der Waals surface area (Å²) in [6.45, 7) is 0.529. The fourth-order valence-corrected chi connectivity index (χ4v) is 1.88. The van der Waals surface area contributed by atoms with Gasteiger partial charge in [-0.25, -0.2) is 4.98 Å². The lowest BCUT2D eigenvalue weighted by atomic mass is 10.2.